The summed E-state index contributed by atoms with van der Waals surface area (Å²) in [7, 11) is 2.98. The fourth-order valence-corrected chi connectivity index (χ4v) is 2.92. The lowest BCUT2D eigenvalue weighted by Gasteiger charge is -2.11. The van der Waals surface area contributed by atoms with E-state index in [1.54, 1.807) is 18.2 Å². The van der Waals surface area contributed by atoms with Gasteiger partial charge in [0.15, 0.2) is 11.5 Å². The molecule has 2 amide bonds. The van der Waals surface area contributed by atoms with E-state index in [1.807, 2.05) is 0 Å². The molecule has 0 aliphatic carbocycles. The van der Waals surface area contributed by atoms with Crippen molar-refractivity contribution in [3.8, 4) is 11.5 Å². The minimum Gasteiger partial charge on any atom is -0.493 e. The number of methoxy groups -OCH3 is 2. The number of carbonyl (C=O) groups excluding carboxylic acids is 2. The lowest BCUT2D eigenvalue weighted by molar-refractivity contribution is -0.137. The molecule has 0 aromatic heterocycles. The first-order valence-corrected chi connectivity index (χ1v) is 7.47. The molecule has 1 aliphatic rings. The summed E-state index contributed by atoms with van der Waals surface area (Å²) in [6.07, 6.45) is 1.25. The van der Waals surface area contributed by atoms with Crippen molar-refractivity contribution in [2.75, 3.05) is 20.8 Å². The number of carboxylic acid groups (broad SMARTS) is 1. The van der Waals surface area contributed by atoms with Crippen LogP contribution in [0.1, 0.15) is 12.0 Å². The molecule has 0 radical (unpaired) electrons. The van der Waals surface area contributed by atoms with Gasteiger partial charge >= 0.3 is 5.97 Å². The van der Waals surface area contributed by atoms with Crippen LogP contribution in [0.5, 0.6) is 11.5 Å². The van der Waals surface area contributed by atoms with E-state index in [2.05, 4.69) is 0 Å². The fourth-order valence-electron chi connectivity index (χ4n) is 2.07. The van der Waals surface area contributed by atoms with Gasteiger partial charge in [0.25, 0.3) is 11.1 Å². The fraction of sp³-hybridized carbons (Fsp3) is 0.267. The molecule has 1 heterocycles. The monoisotopic (exact) mass is 337 g/mol. The second-order valence-electron chi connectivity index (χ2n) is 4.56. The SMILES string of the molecule is COc1cccc(/C=C2/SC(=O)N(CCC(=O)O)C2=O)c1OC. The standard InChI is InChI=1S/C15H15NO6S/c1-21-10-5-3-4-9(13(10)22-2)8-11-14(19)16(15(20)23-11)7-6-12(17)18/h3-5,8H,6-7H2,1-2H3,(H,17,18)/b11-8+. The van der Waals surface area contributed by atoms with Crippen LogP contribution < -0.4 is 9.47 Å². The minimum atomic E-state index is -1.07. The summed E-state index contributed by atoms with van der Waals surface area (Å²) in [5.41, 5.74) is 0.593. The van der Waals surface area contributed by atoms with Crippen molar-refractivity contribution in [2.24, 2.45) is 0 Å². The molecule has 1 aromatic carbocycles. The van der Waals surface area contributed by atoms with Crippen LogP contribution in [0.3, 0.4) is 0 Å². The number of hydrogen-bond donors (Lipinski definition) is 1. The van der Waals surface area contributed by atoms with Crippen molar-refractivity contribution in [1.29, 1.82) is 0 Å². The van der Waals surface area contributed by atoms with Crippen LogP contribution >= 0.6 is 11.8 Å². The first-order chi connectivity index (χ1) is 11.0. The summed E-state index contributed by atoms with van der Waals surface area (Å²) in [6, 6.07) is 5.18. The maximum absolute atomic E-state index is 12.2. The smallest absolute Gasteiger partial charge is 0.305 e. The average Bonchev–Trinajstić information content (AvgIpc) is 2.79. The maximum atomic E-state index is 12.2. The highest BCUT2D eigenvalue weighted by atomic mass is 32.2. The Hall–Kier alpha value is -2.48. The third kappa shape index (κ3) is 3.65. The Morgan fingerprint density at radius 3 is 2.65 bits per heavy atom. The lowest BCUT2D eigenvalue weighted by Crippen LogP contribution is -2.30. The van der Waals surface area contributed by atoms with Crippen LogP contribution in [-0.4, -0.2) is 47.9 Å². The second kappa shape index (κ2) is 7.19. The van der Waals surface area contributed by atoms with Gasteiger partial charge < -0.3 is 14.6 Å². The van der Waals surface area contributed by atoms with Crippen LogP contribution in [0.2, 0.25) is 0 Å². The highest BCUT2D eigenvalue weighted by molar-refractivity contribution is 8.18. The van der Waals surface area contributed by atoms with Gasteiger partial charge in [0.1, 0.15) is 0 Å². The highest BCUT2D eigenvalue weighted by Crippen LogP contribution is 2.37. The highest BCUT2D eigenvalue weighted by Gasteiger charge is 2.35. The van der Waals surface area contributed by atoms with Gasteiger partial charge in [0, 0.05) is 12.1 Å². The van der Waals surface area contributed by atoms with Crippen LogP contribution in [0, 0.1) is 0 Å². The largest absolute Gasteiger partial charge is 0.493 e. The molecule has 1 aromatic rings. The Labute approximate surface area is 136 Å². The molecule has 1 aliphatic heterocycles. The van der Waals surface area contributed by atoms with Crippen molar-refractivity contribution in [3.63, 3.8) is 0 Å². The van der Waals surface area contributed by atoms with Crippen molar-refractivity contribution >= 4 is 35.0 Å². The average molecular weight is 337 g/mol. The van der Waals surface area contributed by atoms with Crippen LogP contribution in [-0.2, 0) is 9.59 Å². The van der Waals surface area contributed by atoms with Crippen LogP contribution in [0.15, 0.2) is 23.1 Å². The van der Waals surface area contributed by atoms with E-state index in [4.69, 9.17) is 14.6 Å². The lowest BCUT2D eigenvalue weighted by atomic mass is 10.1. The van der Waals surface area contributed by atoms with Crippen LogP contribution in [0.4, 0.5) is 4.79 Å². The van der Waals surface area contributed by atoms with Gasteiger partial charge in [0.05, 0.1) is 25.5 Å². The molecular formula is C15H15NO6S. The molecule has 0 bridgehead atoms. The third-order valence-electron chi connectivity index (χ3n) is 3.14. The van der Waals surface area contributed by atoms with E-state index in [1.165, 1.54) is 20.3 Å². The number of para-hydroxylation sites is 1. The Morgan fingerprint density at radius 1 is 1.30 bits per heavy atom. The molecule has 8 heteroatoms. The zero-order valence-corrected chi connectivity index (χ0v) is 13.4. The van der Waals surface area contributed by atoms with E-state index < -0.39 is 17.1 Å². The first-order valence-electron chi connectivity index (χ1n) is 6.66. The molecule has 1 saturated heterocycles. The zero-order valence-electron chi connectivity index (χ0n) is 12.6. The van der Waals surface area contributed by atoms with Gasteiger partial charge in [-0.05, 0) is 23.9 Å². The first kappa shape index (κ1) is 16.9. The van der Waals surface area contributed by atoms with Crippen molar-refractivity contribution in [3.05, 3.63) is 28.7 Å². The number of benzene rings is 1. The summed E-state index contributed by atoms with van der Waals surface area (Å²) in [4.78, 5) is 35.8. The van der Waals surface area contributed by atoms with E-state index in [-0.39, 0.29) is 17.9 Å². The molecule has 122 valence electrons. The number of ether oxygens (including phenoxy) is 2. The molecule has 0 spiro atoms. The number of thioether (sulfide) groups is 1. The van der Waals surface area contributed by atoms with Gasteiger partial charge in [0.2, 0.25) is 0 Å². The molecule has 23 heavy (non-hydrogen) atoms. The number of rotatable bonds is 6. The number of carbonyl (C=O) groups is 3. The van der Waals surface area contributed by atoms with Crippen LogP contribution in [0.25, 0.3) is 6.08 Å². The number of amides is 2. The molecule has 0 saturated carbocycles. The second-order valence-corrected chi connectivity index (χ2v) is 5.55. The Bertz CT molecular complexity index is 685. The minimum absolute atomic E-state index is 0.146. The molecule has 0 unspecified atom stereocenters. The Kier molecular flexibility index (Phi) is 5.28. The Balaban J connectivity index is 2.29. The number of hydrogen-bond acceptors (Lipinski definition) is 6. The molecule has 1 N–H and O–H groups in total. The summed E-state index contributed by atoms with van der Waals surface area (Å²) in [5, 5.41) is 8.19. The molecular weight excluding hydrogens is 322 g/mol. The molecule has 2 rings (SSSR count). The van der Waals surface area contributed by atoms with E-state index in [0.29, 0.717) is 17.1 Å². The van der Waals surface area contributed by atoms with Gasteiger partial charge in [-0.15, -0.1) is 0 Å². The molecule has 1 fully saturated rings. The number of imide groups is 1. The van der Waals surface area contributed by atoms with Gasteiger partial charge in [-0.3, -0.25) is 19.3 Å². The van der Waals surface area contributed by atoms with Crippen molar-refractivity contribution < 1.29 is 29.0 Å². The Morgan fingerprint density at radius 2 is 2.04 bits per heavy atom. The summed E-state index contributed by atoms with van der Waals surface area (Å²) in [6.45, 7) is -0.146. The quantitative estimate of drug-likeness (QED) is 0.795. The number of aliphatic carboxylic acids is 1. The summed E-state index contributed by atoms with van der Waals surface area (Å²) in [5.74, 6) is -0.618. The van der Waals surface area contributed by atoms with Gasteiger partial charge in [-0.1, -0.05) is 12.1 Å². The van der Waals surface area contributed by atoms with E-state index in [0.717, 1.165) is 16.7 Å². The predicted octanol–water partition coefficient (Wildman–Crippen LogP) is 2.21. The topological polar surface area (TPSA) is 93.1 Å². The summed E-state index contributed by atoms with van der Waals surface area (Å²) < 4.78 is 10.5. The van der Waals surface area contributed by atoms with Gasteiger partial charge in [-0.2, -0.15) is 0 Å². The predicted molar refractivity (Wildman–Crippen MR) is 84.5 cm³/mol. The van der Waals surface area contributed by atoms with Gasteiger partial charge in [-0.25, -0.2) is 0 Å². The maximum Gasteiger partial charge on any atom is 0.305 e. The van der Waals surface area contributed by atoms with E-state index in [9.17, 15) is 14.4 Å². The van der Waals surface area contributed by atoms with Crippen molar-refractivity contribution in [2.45, 2.75) is 6.42 Å². The normalized spacial score (nSPS) is 16.1. The molecule has 7 nitrogen and oxygen atoms in total. The zero-order chi connectivity index (χ0) is 17.0. The van der Waals surface area contributed by atoms with E-state index >= 15 is 0 Å². The summed E-state index contributed by atoms with van der Waals surface area (Å²) >= 11 is 0.770. The number of carboxylic acids is 1. The number of nitrogens with zero attached hydrogens (tertiary/aromatic N) is 1. The molecule has 0 atom stereocenters. The van der Waals surface area contributed by atoms with Crippen molar-refractivity contribution in [1.82, 2.24) is 4.90 Å². The third-order valence-corrected chi connectivity index (χ3v) is 4.05.